The topological polar surface area (TPSA) is 49.7 Å². The molecule has 1 heterocycles. The second-order valence-electron chi connectivity index (χ2n) is 6.73. The molecule has 2 bridgehead atoms. The van der Waals surface area contributed by atoms with Crippen molar-refractivity contribution in [3.8, 4) is 5.75 Å². The van der Waals surface area contributed by atoms with Crippen molar-refractivity contribution in [1.82, 2.24) is 0 Å². The third kappa shape index (κ3) is 2.11. The number of aliphatic hydroxyl groups is 1. The van der Waals surface area contributed by atoms with E-state index in [1.807, 2.05) is 12.1 Å². The fourth-order valence-electron chi connectivity index (χ4n) is 4.25. The van der Waals surface area contributed by atoms with E-state index < -0.39 is 0 Å². The molecule has 1 saturated heterocycles. The van der Waals surface area contributed by atoms with Gasteiger partial charge in [-0.3, -0.25) is 0 Å². The maximum absolute atomic E-state index is 9.97. The van der Waals surface area contributed by atoms with Gasteiger partial charge in [0.25, 0.3) is 0 Å². The Bertz CT molecular complexity index is 548. The van der Waals surface area contributed by atoms with E-state index in [1.165, 1.54) is 5.57 Å². The minimum atomic E-state index is -0.169. The number of rotatable bonds is 2. The molecule has 2 aliphatic rings. The lowest BCUT2D eigenvalue weighted by molar-refractivity contribution is -0.165. The molecule has 0 amide bonds. The standard InChI is InChI=1S/C18H24O3/c1-11-8-12(2)18(9-19)10-21-17(16(11)13(18)3)14-4-6-15(20)7-5-14/h4-8,12-13,16-17,19-20H,9-10H2,1-3H3/t12-,13-,16-,17+,18+/m0/s1. The first-order valence-electron chi connectivity index (χ1n) is 7.69. The second-order valence-corrected chi connectivity index (χ2v) is 6.73. The normalized spacial score (nSPS) is 39.0. The molecule has 0 spiro atoms. The molecule has 0 saturated carbocycles. The number of benzene rings is 1. The molecule has 1 aliphatic carbocycles. The smallest absolute Gasteiger partial charge is 0.115 e. The Hall–Kier alpha value is -1.32. The average molecular weight is 288 g/mol. The highest BCUT2D eigenvalue weighted by molar-refractivity contribution is 5.31. The molecule has 114 valence electrons. The van der Waals surface area contributed by atoms with Crippen molar-refractivity contribution < 1.29 is 14.9 Å². The first-order chi connectivity index (χ1) is 9.99. The van der Waals surface area contributed by atoms with Crippen LogP contribution in [0.4, 0.5) is 0 Å². The summed E-state index contributed by atoms with van der Waals surface area (Å²) in [7, 11) is 0. The van der Waals surface area contributed by atoms with E-state index in [0.29, 0.717) is 18.4 Å². The second kappa shape index (κ2) is 5.15. The van der Waals surface area contributed by atoms with E-state index in [1.54, 1.807) is 12.1 Å². The summed E-state index contributed by atoms with van der Waals surface area (Å²) in [5.41, 5.74) is 2.27. The Balaban J connectivity index is 2.01. The average Bonchev–Trinajstić information content (AvgIpc) is 2.46. The highest BCUT2D eigenvalue weighted by Gasteiger charge is 2.53. The summed E-state index contributed by atoms with van der Waals surface area (Å²) in [4.78, 5) is 0. The summed E-state index contributed by atoms with van der Waals surface area (Å²) >= 11 is 0. The van der Waals surface area contributed by atoms with Crippen molar-refractivity contribution in [3.63, 3.8) is 0 Å². The van der Waals surface area contributed by atoms with Crippen molar-refractivity contribution in [2.75, 3.05) is 13.2 Å². The number of allylic oxidation sites excluding steroid dienone is 1. The minimum absolute atomic E-state index is 0.00373. The van der Waals surface area contributed by atoms with Gasteiger partial charge >= 0.3 is 0 Å². The number of fused-ring (bicyclic) bond motifs is 2. The highest BCUT2D eigenvalue weighted by Crippen LogP contribution is 2.55. The molecule has 3 nitrogen and oxygen atoms in total. The lowest BCUT2D eigenvalue weighted by Gasteiger charge is -2.55. The first-order valence-corrected chi connectivity index (χ1v) is 7.69. The first kappa shape index (κ1) is 14.6. The zero-order valence-electron chi connectivity index (χ0n) is 12.9. The Labute approximate surface area is 126 Å². The van der Waals surface area contributed by atoms with Gasteiger partial charge in [-0.15, -0.1) is 0 Å². The Morgan fingerprint density at radius 1 is 1.24 bits per heavy atom. The predicted octanol–water partition coefficient (Wildman–Crippen LogP) is 3.29. The molecule has 1 aliphatic heterocycles. The van der Waals surface area contributed by atoms with Crippen molar-refractivity contribution >= 4 is 0 Å². The van der Waals surface area contributed by atoms with Crippen LogP contribution in [0.1, 0.15) is 32.4 Å². The van der Waals surface area contributed by atoms with Gasteiger partial charge in [-0.1, -0.05) is 37.6 Å². The van der Waals surface area contributed by atoms with Crippen LogP contribution in [-0.4, -0.2) is 23.4 Å². The monoisotopic (exact) mass is 288 g/mol. The number of aromatic hydroxyl groups is 1. The predicted molar refractivity (Wildman–Crippen MR) is 81.9 cm³/mol. The SMILES string of the molecule is CC1=C[C@H](C)[C@@]2(CO)CO[C@H](c3ccc(O)cc3)[C@@H]1[C@@H]2C. The summed E-state index contributed by atoms with van der Waals surface area (Å²) in [6.45, 7) is 7.33. The number of hydrogen-bond donors (Lipinski definition) is 2. The van der Waals surface area contributed by atoms with Gasteiger partial charge in [0.15, 0.2) is 0 Å². The summed E-state index contributed by atoms with van der Waals surface area (Å²) in [5.74, 6) is 1.26. The van der Waals surface area contributed by atoms with E-state index in [4.69, 9.17) is 4.74 Å². The van der Waals surface area contributed by atoms with Crippen molar-refractivity contribution in [2.45, 2.75) is 26.9 Å². The van der Waals surface area contributed by atoms with Crippen LogP contribution in [0.3, 0.4) is 0 Å². The zero-order chi connectivity index (χ0) is 15.2. The number of phenolic OH excluding ortho intramolecular Hbond substituents is 1. The molecule has 0 aromatic heterocycles. The molecule has 21 heavy (non-hydrogen) atoms. The number of phenols is 1. The summed E-state index contributed by atoms with van der Waals surface area (Å²) in [6, 6.07) is 7.29. The fourth-order valence-corrected chi connectivity index (χ4v) is 4.25. The Morgan fingerprint density at radius 3 is 2.52 bits per heavy atom. The van der Waals surface area contributed by atoms with Crippen molar-refractivity contribution in [2.24, 2.45) is 23.2 Å². The van der Waals surface area contributed by atoms with E-state index in [9.17, 15) is 10.2 Å². The van der Waals surface area contributed by atoms with Crippen LogP contribution < -0.4 is 0 Å². The molecular formula is C18H24O3. The van der Waals surface area contributed by atoms with Crippen LogP contribution >= 0.6 is 0 Å². The molecule has 1 fully saturated rings. The minimum Gasteiger partial charge on any atom is -0.508 e. The quantitative estimate of drug-likeness (QED) is 0.821. The summed E-state index contributed by atoms with van der Waals surface area (Å²) < 4.78 is 6.19. The van der Waals surface area contributed by atoms with Gasteiger partial charge < -0.3 is 14.9 Å². The van der Waals surface area contributed by atoms with Crippen LogP contribution in [0.5, 0.6) is 5.75 Å². The van der Waals surface area contributed by atoms with Crippen LogP contribution in [0.15, 0.2) is 35.9 Å². The van der Waals surface area contributed by atoms with Crippen LogP contribution in [0.25, 0.3) is 0 Å². The van der Waals surface area contributed by atoms with Crippen LogP contribution in [-0.2, 0) is 4.74 Å². The van der Waals surface area contributed by atoms with E-state index in [0.717, 1.165) is 5.56 Å². The lowest BCUT2D eigenvalue weighted by atomic mass is 9.56. The Kier molecular flexibility index (Phi) is 3.58. The number of aliphatic hydroxyl groups excluding tert-OH is 1. The number of ether oxygens (including phenoxy) is 1. The van der Waals surface area contributed by atoms with Gasteiger partial charge in [0.05, 0.1) is 19.3 Å². The van der Waals surface area contributed by atoms with Gasteiger partial charge in [0.1, 0.15) is 5.75 Å². The summed E-state index contributed by atoms with van der Waals surface area (Å²) in [6.07, 6.45) is 2.31. The van der Waals surface area contributed by atoms with Gasteiger partial charge in [-0.25, -0.2) is 0 Å². The molecule has 3 rings (SSSR count). The van der Waals surface area contributed by atoms with Gasteiger partial charge in [-0.2, -0.15) is 0 Å². The molecule has 0 unspecified atom stereocenters. The third-order valence-corrected chi connectivity index (χ3v) is 5.76. The molecule has 1 aromatic rings. The lowest BCUT2D eigenvalue weighted by Crippen LogP contribution is -2.53. The molecule has 5 atom stereocenters. The molecule has 2 N–H and O–H groups in total. The molecule has 0 radical (unpaired) electrons. The largest absolute Gasteiger partial charge is 0.508 e. The molecular weight excluding hydrogens is 264 g/mol. The van der Waals surface area contributed by atoms with E-state index >= 15 is 0 Å². The molecule has 1 aromatic carbocycles. The van der Waals surface area contributed by atoms with Gasteiger partial charge in [-0.05, 0) is 36.5 Å². The summed E-state index contributed by atoms with van der Waals surface area (Å²) in [5, 5.41) is 19.4. The zero-order valence-corrected chi connectivity index (χ0v) is 12.9. The van der Waals surface area contributed by atoms with E-state index in [2.05, 4.69) is 26.8 Å². The van der Waals surface area contributed by atoms with Crippen molar-refractivity contribution in [3.05, 3.63) is 41.5 Å². The van der Waals surface area contributed by atoms with Crippen LogP contribution in [0, 0.1) is 23.2 Å². The Morgan fingerprint density at radius 2 is 1.90 bits per heavy atom. The van der Waals surface area contributed by atoms with E-state index in [-0.39, 0.29) is 29.8 Å². The van der Waals surface area contributed by atoms with Gasteiger partial charge in [0, 0.05) is 11.3 Å². The molecule has 3 heteroatoms. The van der Waals surface area contributed by atoms with Crippen molar-refractivity contribution in [1.29, 1.82) is 0 Å². The van der Waals surface area contributed by atoms with Gasteiger partial charge in [0.2, 0.25) is 0 Å². The van der Waals surface area contributed by atoms with Crippen LogP contribution in [0.2, 0.25) is 0 Å². The third-order valence-electron chi connectivity index (χ3n) is 5.76. The maximum atomic E-state index is 9.97. The fraction of sp³-hybridized carbons (Fsp3) is 0.556. The number of hydrogen-bond acceptors (Lipinski definition) is 3. The maximum Gasteiger partial charge on any atom is 0.115 e. The highest BCUT2D eigenvalue weighted by atomic mass is 16.5.